The van der Waals surface area contributed by atoms with Gasteiger partial charge in [-0.2, -0.15) is 0 Å². The highest BCUT2D eigenvalue weighted by molar-refractivity contribution is 5.87. The summed E-state index contributed by atoms with van der Waals surface area (Å²) in [6, 6.07) is 3.92. The lowest BCUT2D eigenvalue weighted by Gasteiger charge is -2.31. The lowest BCUT2D eigenvalue weighted by atomic mass is 10.1. The number of hydrogen-bond donors (Lipinski definition) is 1. The van der Waals surface area contributed by atoms with Gasteiger partial charge in [-0.1, -0.05) is 0 Å². The van der Waals surface area contributed by atoms with E-state index in [1.54, 1.807) is 7.11 Å². The number of aromatic carboxylic acids is 1. The molecule has 4 nitrogen and oxygen atoms in total. The number of methoxy groups -OCH3 is 1. The molecule has 1 aliphatic heterocycles. The van der Waals surface area contributed by atoms with Crippen LogP contribution in [0.5, 0.6) is 0 Å². The van der Waals surface area contributed by atoms with Crippen molar-refractivity contribution in [2.45, 2.75) is 25.5 Å². The molecule has 1 saturated heterocycles. The van der Waals surface area contributed by atoms with E-state index in [0.717, 1.165) is 25.9 Å². The number of likely N-dealkylation sites (tertiary alicyclic amines) is 1. The van der Waals surface area contributed by atoms with Crippen molar-refractivity contribution >= 4 is 5.97 Å². The average molecular weight is 267 g/mol. The molecule has 2 rings (SSSR count). The summed E-state index contributed by atoms with van der Waals surface area (Å²) in [7, 11) is 1.68. The Hall–Kier alpha value is -1.46. The maximum atomic E-state index is 13.7. The lowest BCUT2D eigenvalue weighted by molar-refractivity contribution is 0.0282. The predicted molar refractivity (Wildman–Crippen MR) is 68.7 cm³/mol. The van der Waals surface area contributed by atoms with E-state index in [1.165, 1.54) is 18.2 Å². The van der Waals surface area contributed by atoms with Gasteiger partial charge >= 0.3 is 5.97 Å². The van der Waals surface area contributed by atoms with Crippen LogP contribution >= 0.6 is 0 Å². The molecule has 0 bridgehead atoms. The first kappa shape index (κ1) is 14.0. The third-order valence-electron chi connectivity index (χ3n) is 3.48. The molecule has 5 heteroatoms. The van der Waals surface area contributed by atoms with Crippen LogP contribution in [0.25, 0.3) is 0 Å². The molecule has 1 aromatic carbocycles. The molecule has 0 aromatic heterocycles. The predicted octanol–water partition coefficient (Wildman–Crippen LogP) is 2.13. The number of ether oxygens (including phenoxy) is 1. The first-order valence-corrected chi connectivity index (χ1v) is 6.37. The maximum Gasteiger partial charge on any atom is 0.335 e. The monoisotopic (exact) mass is 267 g/mol. The lowest BCUT2D eigenvalue weighted by Crippen LogP contribution is -2.38. The molecule has 1 fully saturated rings. The van der Waals surface area contributed by atoms with Gasteiger partial charge in [-0.15, -0.1) is 0 Å². The Balaban J connectivity index is 2.09. The second kappa shape index (κ2) is 6.12. The number of rotatable bonds is 4. The molecule has 1 aliphatic rings. The summed E-state index contributed by atoms with van der Waals surface area (Å²) < 4.78 is 19.0. The van der Waals surface area contributed by atoms with Crippen molar-refractivity contribution in [3.05, 3.63) is 35.1 Å². The summed E-state index contributed by atoms with van der Waals surface area (Å²) in [5.41, 5.74) is 0.549. The number of carbonyl (C=O) groups is 1. The average Bonchev–Trinajstić information content (AvgIpc) is 2.41. The zero-order valence-corrected chi connectivity index (χ0v) is 10.9. The molecule has 0 saturated carbocycles. The first-order valence-electron chi connectivity index (χ1n) is 6.37. The van der Waals surface area contributed by atoms with Crippen LogP contribution in [0.2, 0.25) is 0 Å². The van der Waals surface area contributed by atoms with Crippen LogP contribution in [-0.2, 0) is 11.3 Å². The molecule has 0 radical (unpaired) electrons. The number of carboxylic acid groups (broad SMARTS) is 1. The number of nitrogens with zero attached hydrogens (tertiary/aromatic N) is 1. The Morgan fingerprint density at radius 3 is 3.05 bits per heavy atom. The van der Waals surface area contributed by atoms with Crippen molar-refractivity contribution in [1.29, 1.82) is 0 Å². The van der Waals surface area contributed by atoms with E-state index in [4.69, 9.17) is 9.84 Å². The van der Waals surface area contributed by atoms with E-state index in [-0.39, 0.29) is 17.5 Å². The SMILES string of the molecule is COC1CCCN(Cc2cc(C(=O)O)ccc2F)C1. The summed E-state index contributed by atoms with van der Waals surface area (Å²) >= 11 is 0. The van der Waals surface area contributed by atoms with Crippen molar-refractivity contribution in [3.8, 4) is 0 Å². The topological polar surface area (TPSA) is 49.8 Å². The smallest absolute Gasteiger partial charge is 0.335 e. The summed E-state index contributed by atoms with van der Waals surface area (Å²) in [6.45, 7) is 2.07. The van der Waals surface area contributed by atoms with Crippen molar-refractivity contribution in [3.63, 3.8) is 0 Å². The van der Waals surface area contributed by atoms with Gasteiger partial charge in [0.2, 0.25) is 0 Å². The Morgan fingerprint density at radius 1 is 1.58 bits per heavy atom. The second-order valence-corrected chi connectivity index (χ2v) is 4.85. The minimum Gasteiger partial charge on any atom is -0.478 e. The largest absolute Gasteiger partial charge is 0.478 e. The van der Waals surface area contributed by atoms with Crippen LogP contribution in [0.15, 0.2) is 18.2 Å². The Bertz CT molecular complexity index is 464. The highest BCUT2D eigenvalue weighted by Crippen LogP contribution is 2.18. The van der Waals surface area contributed by atoms with E-state index in [2.05, 4.69) is 4.90 Å². The van der Waals surface area contributed by atoms with Gasteiger partial charge < -0.3 is 9.84 Å². The zero-order valence-electron chi connectivity index (χ0n) is 10.9. The van der Waals surface area contributed by atoms with E-state index < -0.39 is 5.97 Å². The van der Waals surface area contributed by atoms with Gasteiger partial charge in [0.15, 0.2) is 0 Å². The van der Waals surface area contributed by atoms with Crippen LogP contribution in [0.3, 0.4) is 0 Å². The Morgan fingerprint density at radius 2 is 2.37 bits per heavy atom. The molecule has 1 unspecified atom stereocenters. The highest BCUT2D eigenvalue weighted by Gasteiger charge is 2.20. The van der Waals surface area contributed by atoms with Crippen LogP contribution in [0.1, 0.15) is 28.8 Å². The molecule has 19 heavy (non-hydrogen) atoms. The standard InChI is InChI=1S/C14H18FNO3/c1-19-12-3-2-6-16(9-12)8-11-7-10(14(17)18)4-5-13(11)15/h4-5,7,12H,2-3,6,8-9H2,1H3,(H,17,18). The molecular weight excluding hydrogens is 249 g/mol. The Kier molecular flexibility index (Phi) is 4.50. The molecule has 104 valence electrons. The molecule has 1 heterocycles. The number of piperidine rings is 1. The van der Waals surface area contributed by atoms with E-state index in [9.17, 15) is 9.18 Å². The minimum atomic E-state index is -1.03. The molecule has 0 spiro atoms. The third kappa shape index (κ3) is 3.52. The van der Waals surface area contributed by atoms with E-state index in [0.29, 0.717) is 12.1 Å². The number of carboxylic acids is 1. The summed E-state index contributed by atoms with van der Waals surface area (Å²) in [5.74, 6) is -1.39. The maximum absolute atomic E-state index is 13.7. The summed E-state index contributed by atoms with van der Waals surface area (Å²) in [4.78, 5) is 13.0. The van der Waals surface area contributed by atoms with Crippen LogP contribution < -0.4 is 0 Å². The van der Waals surface area contributed by atoms with Crippen molar-refractivity contribution in [2.75, 3.05) is 20.2 Å². The van der Waals surface area contributed by atoms with Gasteiger partial charge in [-0.25, -0.2) is 9.18 Å². The minimum absolute atomic E-state index is 0.122. The van der Waals surface area contributed by atoms with Gasteiger partial charge in [0.1, 0.15) is 5.82 Å². The fourth-order valence-corrected chi connectivity index (χ4v) is 2.42. The molecule has 0 amide bonds. The molecule has 0 aliphatic carbocycles. The Labute approximate surface area is 111 Å². The van der Waals surface area contributed by atoms with Gasteiger partial charge in [0.25, 0.3) is 0 Å². The molecule has 1 aromatic rings. The number of benzene rings is 1. The third-order valence-corrected chi connectivity index (χ3v) is 3.48. The number of hydrogen-bond acceptors (Lipinski definition) is 3. The fourth-order valence-electron chi connectivity index (χ4n) is 2.42. The van der Waals surface area contributed by atoms with Gasteiger partial charge in [-0.05, 0) is 37.6 Å². The number of halogens is 1. The van der Waals surface area contributed by atoms with Crippen molar-refractivity contribution in [2.24, 2.45) is 0 Å². The van der Waals surface area contributed by atoms with Crippen LogP contribution in [-0.4, -0.2) is 42.3 Å². The van der Waals surface area contributed by atoms with E-state index in [1.807, 2.05) is 0 Å². The summed E-state index contributed by atoms with van der Waals surface area (Å²) in [6.07, 6.45) is 2.21. The second-order valence-electron chi connectivity index (χ2n) is 4.85. The normalized spacial score (nSPS) is 20.4. The quantitative estimate of drug-likeness (QED) is 0.908. The van der Waals surface area contributed by atoms with Crippen LogP contribution in [0.4, 0.5) is 4.39 Å². The van der Waals surface area contributed by atoms with E-state index >= 15 is 0 Å². The highest BCUT2D eigenvalue weighted by atomic mass is 19.1. The summed E-state index contributed by atoms with van der Waals surface area (Å²) in [5, 5.41) is 8.93. The zero-order chi connectivity index (χ0) is 13.8. The van der Waals surface area contributed by atoms with Crippen molar-refractivity contribution in [1.82, 2.24) is 4.90 Å². The first-order chi connectivity index (χ1) is 9.10. The van der Waals surface area contributed by atoms with Gasteiger partial charge in [0, 0.05) is 25.8 Å². The van der Waals surface area contributed by atoms with Gasteiger partial charge in [0.05, 0.1) is 11.7 Å². The molecule has 1 atom stereocenters. The molecular formula is C14H18FNO3. The molecule has 1 N–H and O–H groups in total. The fraction of sp³-hybridized carbons (Fsp3) is 0.500. The van der Waals surface area contributed by atoms with Gasteiger partial charge in [-0.3, -0.25) is 4.90 Å². The van der Waals surface area contributed by atoms with Crippen LogP contribution in [0, 0.1) is 5.82 Å². The van der Waals surface area contributed by atoms with Crippen molar-refractivity contribution < 1.29 is 19.0 Å².